The molecule has 1 atom stereocenters. The average Bonchev–Trinajstić information content (AvgIpc) is 3.25. The molecule has 0 fully saturated rings. The van der Waals surface area contributed by atoms with Crippen molar-refractivity contribution < 1.29 is 14.4 Å². The predicted molar refractivity (Wildman–Crippen MR) is 91.9 cm³/mol. The van der Waals surface area contributed by atoms with Crippen LogP contribution < -0.4 is 5.32 Å². The number of aromatic nitrogens is 2. The number of hydrogen-bond acceptors (Lipinski definition) is 5. The molecular weight excluding hydrogens is 322 g/mol. The van der Waals surface area contributed by atoms with Crippen molar-refractivity contribution in [2.45, 2.75) is 19.1 Å². The second-order valence-corrected chi connectivity index (χ2v) is 5.92. The molecule has 25 heavy (non-hydrogen) atoms. The first kappa shape index (κ1) is 16.7. The average molecular weight is 341 g/mol. The van der Waals surface area contributed by atoms with Crippen LogP contribution in [0.5, 0.6) is 0 Å². The summed E-state index contributed by atoms with van der Waals surface area (Å²) in [4.78, 5) is 30.8. The van der Waals surface area contributed by atoms with Gasteiger partial charge in [0, 0.05) is 26.7 Å². The fraction of sp³-hybridized carbons (Fsp3) is 0.294. The fourth-order valence-corrected chi connectivity index (χ4v) is 2.36. The number of hydrogen-bond donors (Lipinski definition) is 1. The van der Waals surface area contributed by atoms with Crippen LogP contribution >= 0.6 is 0 Å². The Hall–Kier alpha value is -3.16. The lowest BCUT2D eigenvalue weighted by Crippen LogP contribution is -2.26. The van der Waals surface area contributed by atoms with Gasteiger partial charge in [0.15, 0.2) is 6.10 Å². The van der Waals surface area contributed by atoms with Gasteiger partial charge in [-0.1, -0.05) is 35.5 Å². The summed E-state index contributed by atoms with van der Waals surface area (Å²) >= 11 is 0. The minimum atomic E-state index is -0.336. The number of carbonyl (C=O) groups is 2. The van der Waals surface area contributed by atoms with E-state index in [1.165, 1.54) is 15.8 Å². The molecule has 1 aliphatic rings. The summed E-state index contributed by atoms with van der Waals surface area (Å²) in [5.74, 6) is -0.419. The number of benzene rings is 1. The highest BCUT2D eigenvalue weighted by Crippen LogP contribution is 2.27. The largest absolute Gasteiger partial charge is 0.387 e. The summed E-state index contributed by atoms with van der Waals surface area (Å²) in [6.45, 7) is 0.114. The van der Waals surface area contributed by atoms with Crippen LogP contribution in [-0.4, -0.2) is 46.3 Å². The molecule has 8 nitrogen and oxygen atoms in total. The molecule has 2 amide bonds. The number of anilines is 1. The van der Waals surface area contributed by atoms with E-state index in [-0.39, 0.29) is 24.5 Å². The topological polar surface area (TPSA) is 88.8 Å². The number of amides is 2. The summed E-state index contributed by atoms with van der Waals surface area (Å²) in [7, 11) is 3.35. The van der Waals surface area contributed by atoms with E-state index < -0.39 is 0 Å². The van der Waals surface area contributed by atoms with Gasteiger partial charge in [-0.25, -0.2) is 0 Å². The molecular formula is C17H19N5O3. The lowest BCUT2D eigenvalue weighted by molar-refractivity contribution is -0.129. The zero-order chi connectivity index (χ0) is 17.8. The zero-order valence-corrected chi connectivity index (χ0v) is 14.0. The molecule has 1 aromatic heterocycles. The van der Waals surface area contributed by atoms with Crippen LogP contribution in [0.2, 0.25) is 0 Å². The second kappa shape index (κ2) is 7.16. The molecule has 1 aliphatic heterocycles. The van der Waals surface area contributed by atoms with Crippen LogP contribution in [-0.2, 0) is 21.0 Å². The van der Waals surface area contributed by atoms with Crippen LogP contribution in [0.1, 0.15) is 18.1 Å². The van der Waals surface area contributed by atoms with Gasteiger partial charge in [-0.05, 0) is 5.56 Å². The molecule has 0 aliphatic carbocycles. The van der Waals surface area contributed by atoms with Crippen molar-refractivity contribution in [3.05, 3.63) is 48.3 Å². The molecule has 0 saturated carbocycles. The second-order valence-electron chi connectivity index (χ2n) is 5.92. The lowest BCUT2D eigenvalue weighted by Gasteiger charge is -2.09. The summed E-state index contributed by atoms with van der Waals surface area (Å²) in [5, 5.41) is 10.7. The molecule has 0 spiro atoms. The SMILES string of the molecule is CN(C)C(=O)Cn1cc(NC(=O)C2=NO[C@H](c3ccccc3)C2)cn1. The summed E-state index contributed by atoms with van der Waals surface area (Å²) in [5.41, 5.74) is 1.80. The van der Waals surface area contributed by atoms with Gasteiger partial charge in [-0.3, -0.25) is 14.3 Å². The van der Waals surface area contributed by atoms with Gasteiger partial charge >= 0.3 is 0 Å². The third-order valence-electron chi connectivity index (χ3n) is 3.79. The number of likely N-dealkylation sites (N-methyl/N-ethyl adjacent to an activating group) is 1. The minimum absolute atomic E-state index is 0.0831. The molecule has 3 rings (SSSR count). The molecule has 2 heterocycles. The van der Waals surface area contributed by atoms with E-state index in [9.17, 15) is 9.59 Å². The van der Waals surface area contributed by atoms with E-state index >= 15 is 0 Å². The van der Waals surface area contributed by atoms with Crippen molar-refractivity contribution in [2.75, 3.05) is 19.4 Å². The van der Waals surface area contributed by atoms with Crippen molar-refractivity contribution in [3.63, 3.8) is 0 Å². The Kier molecular flexibility index (Phi) is 4.78. The van der Waals surface area contributed by atoms with Gasteiger partial charge in [-0.15, -0.1) is 0 Å². The first-order valence-corrected chi connectivity index (χ1v) is 7.84. The number of nitrogens with zero attached hydrogens (tertiary/aromatic N) is 4. The van der Waals surface area contributed by atoms with Crippen LogP contribution in [0.15, 0.2) is 47.9 Å². The van der Waals surface area contributed by atoms with Crippen LogP contribution in [0, 0.1) is 0 Å². The summed E-state index contributed by atoms with van der Waals surface area (Å²) < 4.78 is 1.47. The van der Waals surface area contributed by atoms with Crippen LogP contribution in [0.25, 0.3) is 0 Å². The van der Waals surface area contributed by atoms with E-state index in [0.29, 0.717) is 17.8 Å². The van der Waals surface area contributed by atoms with Crippen molar-refractivity contribution in [1.29, 1.82) is 0 Å². The fourth-order valence-electron chi connectivity index (χ4n) is 2.36. The van der Waals surface area contributed by atoms with Gasteiger partial charge in [0.2, 0.25) is 5.91 Å². The number of nitrogens with one attached hydrogen (secondary N) is 1. The van der Waals surface area contributed by atoms with Gasteiger partial charge in [0.1, 0.15) is 12.3 Å². The smallest absolute Gasteiger partial charge is 0.273 e. The first-order valence-electron chi connectivity index (χ1n) is 7.84. The Labute approximate surface area is 145 Å². The van der Waals surface area contributed by atoms with E-state index in [1.54, 1.807) is 20.3 Å². The van der Waals surface area contributed by atoms with Gasteiger partial charge in [0.25, 0.3) is 5.91 Å². The Bertz CT molecular complexity index is 798. The van der Waals surface area contributed by atoms with E-state index in [0.717, 1.165) is 5.56 Å². The standard InChI is InChI=1S/C17H19N5O3/c1-21(2)16(23)11-22-10-13(9-18-22)19-17(24)14-8-15(25-20-14)12-6-4-3-5-7-12/h3-7,9-10,15H,8,11H2,1-2H3,(H,19,24)/t15-/m0/s1. The molecule has 2 aromatic rings. The highest BCUT2D eigenvalue weighted by atomic mass is 16.6. The predicted octanol–water partition coefficient (Wildman–Crippen LogP) is 1.43. The molecule has 0 radical (unpaired) electrons. The third-order valence-corrected chi connectivity index (χ3v) is 3.79. The number of carbonyl (C=O) groups excluding carboxylic acids is 2. The molecule has 0 unspecified atom stereocenters. The van der Waals surface area contributed by atoms with Gasteiger partial charge in [0.05, 0.1) is 11.9 Å². The zero-order valence-electron chi connectivity index (χ0n) is 14.0. The Morgan fingerprint density at radius 3 is 2.80 bits per heavy atom. The minimum Gasteiger partial charge on any atom is -0.387 e. The monoisotopic (exact) mass is 341 g/mol. The van der Waals surface area contributed by atoms with E-state index in [1.807, 2.05) is 30.3 Å². The molecule has 0 bridgehead atoms. The maximum atomic E-state index is 12.3. The van der Waals surface area contributed by atoms with Crippen LogP contribution in [0.4, 0.5) is 5.69 Å². The molecule has 0 saturated heterocycles. The first-order chi connectivity index (χ1) is 12.0. The summed E-state index contributed by atoms with van der Waals surface area (Å²) in [6.07, 6.45) is 3.25. The molecule has 1 N–H and O–H groups in total. The quantitative estimate of drug-likeness (QED) is 0.891. The Morgan fingerprint density at radius 2 is 2.08 bits per heavy atom. The van der Waals surface area contributed by atoms with Gasteiger partial charge in [-0.2, -0.15) is 5.10 Å². The molecule has 130 valence electrons. The van der Waals surface area contributed by atoms with Crippen molar-refractivity contribution in [3.8, 4) is 0 Å². The summed E-state index contributed by atoms with van der Waals surface area (Å²) in [6, 6.07) is 9.63. The molecule has 8 heteroatoms. The van der Waals surface area contributed by atoms with Crippen LogP contribution in [0.3, 0.4) is 0 Å². The highest BCUT2D eigenvalue weighted by molar-refractivity contribution is 6.43. The number of oxime groups is 1. The Morgan fingerprint density at radius 1 is 1.32 bits per heavy atom. The van der Waals surface area contributed by atoms with Crippen molar-refractivity contribution in [1.82, 2.24) is 14.7 Å². The maximum Gasteiger partial charge on any atom is 0.273 e. The third kappa shape index (κ3) is 4.03. The van der Waals surface area contributed by atoms with E-state index in [4.69, 9.17) is 4.84 Å². The van der Waals surface area contributed by atoms with Gasteiger partial charge < -0.3 is 15.1 Å². The number of rotatable bonds is 5. The van der Waals surface area contributed by atoms with E-state index in [2.05, 4.69) is 15.6 Å². The normalized spacial score (nSPS) is 16.1. The molecule has 1 aromatic carbocycles. The van der Waals surface area contributed by atoms with Crippen molar-refractivity contribution in [2.24, 2.45) is 5.16 Å². The maximum absolute atomic E-state index is 12.3. The Balaban J connectivity index is 1.56. The van der Waals surface area contributed by atoms with Crippen molar-refractivity contribution >= 4 is 23.2 Å². The highest BCUT2D eigenvalue weighted by Gasteiger charge is 2.27. The lowest BCUT2D eigenvalue weighted by atomic mass is 10.0.